The van der Waals surface area contributed by atoms with Gasteiger partial charge < -0.3 is 11.1 Å². The topological polar surface area (TPSA) is 55.1 Å². The van der Waals surface area contributed by atoms with E-state index < -0.39 is 11.0 Å². The molecule has 3 heteroatoms. The quantitative estimate of drug-likeness (QED) is 0.856. The van der Waals surface area contributed by atoms with Gasteiger partial charge in [0.15, 0.2) is 0 Å². The molecule has 0 radical (unpaired) electrons. The molecule has 0 heterocycles. The molecule has 19 heavy (non-hydrogen) atoms. The fraction of sp³-hybridized carbons (Fsp3) is 0.562. The molecule has 106 valence electrons. The highest BCUT2D eigenvalue weighted by molar-refractivity contribution is 5.83. The lowest BCUT2D eigenvalue weighted by molar-refractivity contribution is -0.132. The molecule has 0 saturated carbocycles. The lowest BCUT2D eigenvalue weighted by atomic mass is 9.74. The van der Waals surface area contributed by atoms with Crippen molar-refractivity contribution in [2.45, 2.75) is 46.6 Å². The second-order valence-corrected chi connectivity index (χ2v) is 6.34. The molecule has 0 spiro atoms. The fourth-order valence-electron chi connectivity index (χ4n) is 1.70. The van der Waals surface area contributed by atoms with Crippen LogP contribution in [0.3, 0.4) is 0 Å². The average Bonchev–Trinajstić information content (AvgIpc) is 2.27. The van der Waals surface area contributed by atoms with Gasteiger partial charge in [0, 0.05) is 12.1 Å². The van der Waals surface area contributed by atoms with Crippen molar-refractivity contribution in [2.24, 2.45) is 11.1 Å². The van der Waals surface area contributed by atoms with Crippen LogP contribution >= 0.6 is 0 Å². The molecule has 1 amide bonds. The zero-order chi connectivity index (χ0) is 14.7. The third-order valence-corrected chi connectivity index (χ3v) is 3.96. The van der Waals surface area contributed by atoms with Crippen LogP contribution in [0.4, 0.5) is 0 Å². The Bertz CT molecular complexity index is 444. The smallest absolute Gasteiger partial charge is 0.227 e. The predicted octanol–water partition coefficient (Wildman–Crippen LogP) is 2.42. The highest BCUT2D eigenvalue weighted by Crippen LogP contribution is 2.28. The molecule has 0 fully saturated rings. The molecule has 1 aromatic carbocycles. The summed E-state index contributed by atoms with van der Waals surface area (Å²) in [6.45, 7) is 10.2. The van der Waals surface area contributed by atoms with Crippen LogP contribution in [0.25, 0.3) is 0 Å². The van der Waals surface area contributed by atoms with Crippen molar-refractivity contribution in [3.05, 3.63) is 35.4 Å². The molecular formula is C16H26N2O. The monoisotopic (exact) mass is 262 g/mol. The Kier molecular flexibility index (Phi) is 4.75. The number of nitrogens with two attached hydrogens (primary N) is 1. The number of hydrogen-bond donors (Lipinski definition) is 2. The first kappa shape index (κ1) is 15.7. The minimum Gasteiger partial charge on any atom is -0.355 e. The Hall–Kier alpha value is -1.35. The third kappa shape index (κ3) is 4.06. The number of carbonyl (C=O) groups is 1. The summed E-state index contributed by atoms with van der Waals surface area (Å²) in [5.74, 6) is 0.00709. The normalized spacial score (nSPS) is 12.3. The Morgan fingerprint density at radius 3 is 2.42 bits per heavy atom. The number of aryl methyl sites for hydroxylation is 1. The molecule has 1 aromatic rings. The van der Waals surface area contributed by atoms with Crippen molar-refractivity contribution in [2.75, 3.05) is 6.54 Å². The van der Waals surface area contributed by atoms with E-state index in [2.05, 4.69) is 30.4 Å². The summed E-state index contributed by atoms with van der Waals surface area (Å²) in [5, 5.41) is 2.98. The fourth-order valence-corrected chi connectivity index (χ4v) is 1.70. The minimum absolute atomic E-state index is 0.00709. The number of rotatable bonds is 5. The molecule has 0 aliphatic heterocycles. The van der Waals surface area contributed by atoms with Crippen LogP contribution < -0.4 is 11.1 Å². The molecule has 0 atom stereocenters. The number of nitrogens with one attached hydrogen (secondary N) is 1. The molecule has 0 saturated heterocycles. The number of benzene rings is 1. The van der Waals surface area contributed by atoms with Gasteiger partial charge in [-0.05, 0) is 46.6 Å². The minimum atomic E-state index is -0.584. The van der Waals surface area contributed by atoms with Crippen molar-refractivity contribution in [3.63, 3.8) is 0 Å². The van der Waals surface area contributed by atoms with Crippen molar-refractivity contribution in [3.8, 4) is 0 Å². The average molecular weight is 262 g/mol. The van der Waals surface area contributed by atoms with E-state index in [0.29, 0.717) is 6.54 Å². The van der Waals surface area contributed by atoms with Gasteiger partial charge in [-0.3, -0.25) is 4.79 Å². The molecule has 1 rings (SSSR count). The molecule has 3 nitrogen and oxygen atoms in total. The summed E-state index contributed by atoms with van der Waals surface area (Å²) >= 11 is 0. The number of amides is 1. The first-order chi connectivity index (χ1) is 8.64. The number of carbonyl (C=O) groups excluding carboxylic acids is 1. The van der Waals surface area contributed by atoms with Gasteiger partial charge in [-0.25, -0.2) is 0 Å². The maximum absolute atomic E-state index is 12.2. The van der Waals surface area contributed by atoms with Crippen molar-refractivity contribution in [1.29, 1.82) is 0 Å². The molecule has 0 bridgehead atoms. The maximum atomic E-state index is 12.2. The van der Waals surface area contributed by atoms with Crippen molar-refractivity contribution in [1.82, 2.24) is 5.32 Å². The second-order valence-electron chi connectivity index (χ2n) is 6.34. The van der Waals surface area contributed by atoms with Gasteiger partial charge in [-0.2, -0.15) is 0 Å². The van der Waals surface area contributed by atoms with Gasteiger partial charge in [0.1, 0.15) is 0 Å². The Labute approximate surface area is 116 Å². The van der Waals surface area contributed by atoms with Crippen LogP contribution in [-0.4, -0.2) is 18.0 Å². The first-order valence-corrected chi connectivity index (χ1v) is 6.77. The summed E-state index contributed by atoms with van der Waals surface area (Å²) < 4.78 is 0. The first-order valence-electron chi connectivity index (χ1n) is 6.77. The van der Waals surface area contributed by atoms with Gasteiger partial charge in [-0.1, -0.05) is 29.8 Å². The molecule has 0 unspecified atom stereocenters. The van der Waals surface area contributed by atoms with Gasteiger partial charge in [-0.15, -0.1) is 0 Å². The van der Waals surface area contributed by atoms with Gasteiger partial charge >= 0.3 is 0 Å². The van der Waals surface area contributed by atoms with Gasteiger partial charge in [0.05, 0.1) is 5.41 Å². The maximum Gasteiger partial charge on any atom is 0.227 e. The zero-order valence-corrected chi connectivity index (χ0v) is 12.7. The lowest BCUT2D eigenvalue weighted by Gasteiger charge is -2.36. The van der Waals surface area contributed by atoms with E-state index in [1.54, 1.807) is 0 Å². The lowest BCUT2D eigenvalue weighted by Crippen LogP contribution is -2.55. The van der Waals surface area contributed by atoms with Crippen molar-refractivity contribution < 1.29 is 4.79 Å². The van der Waals surface area contributed by atoms with E-state index in [4.69, 9.17) is 5.73 Å². The summed E-state index contributed by atoms with van der Waals surface area (Å²) in [5.41, 5.74) is 7.41. The SMILES string of the molecule is Cc1cccc(CCNC(=O)C(C)(C)C(C)(C)N)c1. The van der Waals surface area contributed by atoms with Crippen LogP contribution in [0, 0.1) is 12.3 Å². The third-order valence-electron chi connectivity index (χ3n) is 3.96. The van der Waals surface area contributed by atoms with Gasteiger partial charge in [0.25, 0.3) is 0 Å². The highest BCUT2D eigenvalue weighted by atomic mass is 16.2. The van der Waals surface area contributed by atoms with E-state index in [-0.39, 0.29) is 5.91 Å². The molecular weight excluding hydrogens is 236 g/mol. The van der Waals surface area contributed by atoms with Crippen LogP contribution in [0.1, 0.15) is 38.8 Å². The van der Waals surface area contributed by atoms with Crippen LogP contribution in [0.5, 0.6) is 0 Å². The van der Waals surface area contributed by atoms with E-state index in [9.17, 15) is 4.79 Å². The Morgan fingerprint density at radius 1 is 1.26 bits per heavy atom. The second kappa shape index (κ2) is 5.74. The molecule has 3 N–H and O–H groups in total. The van der Waals surface area contributed by atoms with E-state index in [1.165, 1.54) is 11.1 Å². The standard InChI is InChI=1S/C16H26N2O/c1-12-7-6-8-13(11-12)9-10-18-14(19)15(2,3)16(4,5)17/h6-8,11H,9-10,17H2,1-5H3,(H,18,19). The summed E-state index contributed by atoms with van der Waals surface area (Å²) in [6.07, 6.45) is 0.842. The molecule has 0 aromatic heterocycles. The van der Waals surface area contributed by atoms with Crippen molar-refractivity contribution >= 4 is 5.91 Å². The van der Waals surface area contributed by atoms with Crippen LogP contribution in [0.15, 0.2) is 24.3 Å². The summed E-state index contributed by atoms with van der Waals surface area (Å²) in [6, 6.07) is 8.34. The largest absolute Gasteiger partial charge is 0.355 e. The van der Waals surface area contributed by atoms with E-state index in [0.717, 1.165) is 6.42 Å². The highest BCUT2D eigenvalue weighted by Gasteiger charge is 2.40. The zero-order valence-electron chi connectivity index (χ0n) is 12.7. The summed E-state index contributed by atoms with van der Waals surface area (Å²) in [4.78, 5) is 12.2. The van der Waals surface area contributed by atoms with Crippen LogP contribution in [-0.2, 0) is 11.2 Å². The van der Waals surface area contributed by atoms with E-state index >= 15 is 0 Å². The molecule has 0 aliphatic carbocycles. The van der Waals surface area contributed by atoms with E-state index in [1.807, 2.05) is 33.8 Å². The van der Waals surface area contributed by atoms with Crippen LogP contribution in [0.2, 0.25) is 0 Å². The Balaban J connectivity index is 2.52. The predicted molar refractivity (Wildman–Crippen MR) is 79.9 cm³/mol. The number of hydrogen-bond acceptors (Lipinski definition) is 2. The summed E-state index contributed by atoms with van der Waals surface area (Å²) in [7, 11) is 0. The Morgan fingerprint density at radius 2 is 1.89 bits per heavy atom. The van der Waals surface area contributed by atoms with Gasteiger partial charge in [0.2, 0.25) is 5.91 Å². The molecule has 0 aliphatic rings.